The van der Waals surface area contributed by atoms with Crippen molar-refractivity contribution in [1.82, 2.24) is 45.7 Å². The third-order valence-corrected chi connectivity index (χ3v) is 10.4. The van der Waals surface area contributed by atoms with Crippen molar-refractivity contribution < 1.29 is 28.7 Å². The Kier molecular flexibility index (Phi) is 12.2. The number of hydrogen-bond donors (Lipinski definition) is 5. The van der Waals surface area contributed by atoms with Gasteiger partial charge in [-0.25, -0.2) is 19.6 Å². The van der Waals surface area contributed by atoms with Gasteiger partial charge in [0.05, 0.1) is 44.0 Å². The summed E-state index contributed by atoms with van der Waals surface area (Å²) in [4.78, 5) is 70.9. The van der Waals surface area contributed by atoms with Crippen LogP contribution in [0.5, 0.6) is 0 Å². The van der Waals surface area contributed by atoms with Gasteiger partial charge in [-0.1, -0.05) is 76.2 Å². The Balaban J connectivity index is 1.11. The fraction of sp³-hybridized carbons (Fsp3) is 0.450. The van der Waals surface area contributed by atoms with Crippen LogP contribution in [0.1, 0.15) is 64.3 Å². The Labute approximate surface area is 321 Å². The molecule has 0 spiro atoms. The summed E-state index contributed by atoms with van der Waals surface area (Å²) < 4.78 is 9.51. The number of aromatic amines is 2. The van der Waals surface area contributed by atoms with E-state index in [0.29, 0.717) is 32.0 Å². The summed E-state index contributed by atoms with van der Waals surface area (Å²) >= 11 is 0. The first-order chi connectivity index (χ1) is 26.5. The molecule has 4 amide bonds. The lowest BCUT2D eigenvalue weighted by atomic mass is 10.0. The van der Waals surface area contributed by atoms with Crippen molar-refractivity contribution >= 4 is 24.0 Å². The van der Waals surface area contributed by atoms with E-state index < -0.39 is 24.3 Å². The largest absolute Gasteiger partial charge is 0.453 e. The second kappa shape index (κ2) is 17.2. The summed E-state index contributed by atoms with van der Waals surface area (Å²) in [6, 6.07) is 14.5. The number of piperazine rings is 1. The van der Waals surface area contributed by atoms with Crippen LogP contribution in [0.2, 0.25) is 0 Å². The third-order valence-electron chi connectivity index (χ3n) is 10.4. The van der Waals surface area contributed by atoms with E-state index in [4.69, 9.17) is 9.47 Å². The van der Waals surface area contributed by atoms with Gasteiger partial charge in [-0.15, -0.1) is 0 Å². The monoisotopic (exact) mass is 753 g/mol. The molecule has 0 aliphatic carbocycles. The fourth-order valence-corrected chi connectivity index (χ4v) is 7.27. The number of imidazole rings is 2. The van der Waals surface area contributed by atoms with E-state index in [1.165, 1.54) is 14.2 Å². The van der Waals surface area contributed by atoms with E-state index in [1.54, 1.807) is 22.2 Å². The SMILES string of the molecule is COC(=O)N[C@H](C(=O)N1CCC[C@H]1c1ncc(-c2ccc(-c3ccc(-c4cnc([C@@H]5CNCCN5C(=O)[C@@H](NC(=O)OC)C(C)C)[nH]4)cc3)cc2)[nH]1)C(C)C. The van der Waals surface area contributed by atoms with Crippen LogP contribution in [0.15, 0.2) is 60.9 Å². The number of likely N-dealkylation sites (tertiary alicyclic amines) is 1. The highest BCUT2D eigenvalue weighted by atomic mass is 16.5. The molecule has 2 saturated heterocycles. The number of methoxy groups -OCH3 is 2. The zero-order valence-corrected chi connectivity index (χ0v) is 32.2. The molecule has 5 N–H and O–H groups in total. The van der Waals surface area contributed by atoms with Crippen molar-refractivity contribution in [3.8, 4) is 33.6 Å². The number of H-pyrrole nitrogens is 2. The van der Waals surface area contributed by atoms with Gasteiger partial charge in [-0.3, -0.25) is 9.59 Å². The molecule has 2 aromatic carbocycles. The molecule has 2 aliphatic rings. The molecule has 0 radical (unpaired) electrons. The van der Waals surface area contributed by atoms with Crippen LogP contribution in [0, 0.1) is 11.8 Å². The Bertz CT molecular complexity index is 1960. The maximum absolute atomic E-state index is 13.6. The van der Waals surface area contributed by atoms with Crippen LogP contribution in [-0.2, 0) is 19.1 Å². The Morgan fingerprint density at radius 1 is 0.673 bits per heavy atom. The average Bonchev–Trinajstić information content (AvgIpc) is 4.00. The quantitative estimate of drug-likeness (QED) is 0.140. The molecule has 0 unspecified atom stereocenters. The Morgan fingerprint density at radius 2 is 1.11 bits per heavy atom. The van der Waals surface area contributed by atoms with E-state index in [-0.39, 0.29) is 35.7 Å². The summed E-state index contributed by atoms with van der Waals surface area (Å²) in [6.45, 7) is 9.83. The van der Waals surface area contributed by atoms with Crippen molar-refractivity contribution in [1.29, 1.82) is 0 Å². The number of ether oxygens (including phenoxy) is 2. The second-order valence-electron chi connectivity index (χ2n) is 14.7. The number of amides is 4. The van der Waals surface area contributed by atoms with Gasteiger partial charge in [0.1, 0.15) is 29.8 Å². The Morgan fingerprint density at radius 3 is 1.56 bits per heavy atom. The molecule has 55 heavy (non-hydrogen) atoms. The molecule has 4 aromatic rings. The number of carbonyl (C=O) groups excluding carboxylic acids is 4. The van der Waals surface area contributed by atoms with Crippen LogP contribution >= 0.6 is 0 Å². The molecule has 15 nitrogen and oxygen atoms in total. The zero-order valence-electron chi connectivity index (χ0n) is 32.2. The summed E-state index contributed by atoms with van der Waals surface area (Å²) in [5.74, 6) is 0.835. The van der Waals surface area contributed by atoms with Gasteiger partial charge in [0, 0.05) is 26.2 Å². The smallest absolute Gasteiger partial charge is 0.407 e. The second-order valence-corrected chi connectivity index (χ2v) is 14.7. The van der Waals surface area contributed by atoms with Crippen molar-refractivity contribution in [3.63, 3.8) is 0 Å². The van der Waals surface area contributed by atoms with E-state index >= 15 is 0 Å². The first kappa shape index (κ1) is 39.0. The lowest BCUT2D eigenvalue weighted by Crippen LogP contribution is -2.57. The van der Waals surface area contributed by atoms with Gasteiger partial charge < -0.3 is 45.2 Å². The molecule has 15 heteroatoms. The number of nitrogens with one attached hydrogen (secondary N) is 5. The van der Waals surface area contributed by atoms with E-state index in [0.717, 1.165) is 52.3 Å². The molecule has 2 aliphatic heterocycles. The number of nitrogens with zero attached hydrogens (tertiary/aromatic N) is 4. The van der Waals surface area contributed by atoms with E-state index in [9.17, 15) is 19.2 Å². The zero-order chi connectivity index (χ0) is 39.2. The van der Waals surface area contributed by atoms with Gasteiger partial charge in [-0.2, -0.15) is 0 Å². The molecule has 6 rings (SSSR count). The van der Waals surface area contributed by atoms with Crippen molar-refractivity contribution in [2.24, 2.45) is 11.8 Å². The molecule has 0 bridgehead atoms. The predicted molar refractivity (Wildman–Crippen MR) is 206 cm³/mol. The molecule has 4 atom stereocenters. The highest BCUT2D eigenvalue weighted by Gasteiger charge is 2.38. The topological polar surface area (TPSA) is 187 Å². The first-order valence-electron chi connectivity index (χ1n) is 18.8. The van der Waals surface area contributed by atoms with Gasteiger partial charge in [0.2, 0.25) is 11.8 Å². The molecule has 4 heterocycles. The summed E-state index contributed by atoms with van der Waals surface area (Å²) in [5.41, 5.74) is 5.71. The maximum atomic E-state index is 13.6. The molecule has 292 valence electrons. The van der Waals surface area contributed by atoms with Crippen molar-refractivity contribution in [2.45, 2.75) is 64.7 Å². The standard InChI is InChI=1S/C40H51N9O6/c1-23(2)33(46-39(52)54-5)37(50)48-18-7-8-31(48)35-42-20-29(44-35)27-13-9-25(10-14-27)26-11-15-28(16-12-26)30-21-43-36(45-30)32-22-41-17-19-49(32)38(51)34(24(3)4)47-40(53)55-6/h9-16,20-21,23-24,31-34,41H,7-8,17-19,22H2,1-6H3,(H,42,44)(H,43,45)(H,46,52)(H,47,53)/t31-,32-,33-,34-/m0/s1. The molecule has 2 aromatic heterocycles. The summed E-state index contributed by atoms with van der Waals surface area (Å²) in [5, 5.41) is 8.74. The predicted octanol–water partition coefficient (Wildman–Crippen LogP) is 5.03. The minimum atomic E-state index is -0.719. The van der Waals surface area contributed by atoms with Gasteiger partial charge in [-0.05, 0) is 46.9 Å². The van der Waals surface area contributed by atoms with Crippen LogP contribution in [-0.4, -0.2) is 106 Å². The molecule has 2 fully saturated rings. The number of carbonyl (C=O) groups is 4. The average molecular weight is 754 g/mol. The van der Waals surface area contributed by atoms with Gasteiger partial charge >= 0.3 is 12.2 Å². The molecular formula is C40H51N9O6. The summed E-state index contributed by atoms with van der Waals surface area (Å²) in [6.07, 6.45) is 3.94. The number of aromatic nitrogens is 4. The number of alkyl carbamates (subject to hydrolysis) is 2. The number of rotatable bonds is 11. The van der Waals surface area contributed by atoms with Crippen molar-refractivity contribution in [2.75, 3.05) is 40.4 Å². The van der Waals surface area contributed by atoms with E-state index in [1.807, 2.05) is 52.0 Å². The maximum Gasteiger partial charge on any atom is 0.407 e. The normalized spacial score (nSPS) is 18.3. The number of hydrogen-bond acceptors (Lipinski definition) is 9. The van der Waals surface area contributed by atoms with Gasteiger partial charge in [0.15, 0.2) is 0 Å². The first-order valence-corrected chi connectivity index (χ1v) is 18.8. The number of benzene rings is 2. The van der Waals surface area contributed by atoms with Crippen LogP contribution in [0.3, 0.4) is 0 Å². The third kappa shape index (κ3) is 8.67. The lowest BCUT2D eigenvalue weighted by Gasteiger charge is -2.38. The summed E-state index contributed by atoms with van der Waals surface area (Å²) in [7, 11) is 2.57. The highest BCUT2D eigenvalue weighted by Crippen LogP contribution is 2.34. The highest BCUT2D eigenvalue weighted by molar-refractivity contribution is 5.87. The Hall–Kier alpha value is -5.70. The van der Waals surface area contributed by atoms with Crippen molar-refractivity contribution in [3.05, 3.63) is 72.6 Å². The minimum absolute atomic E-state index is 0.107. The van der Waals surface area contributed by atoms with Gasteiger partial charge in [0.25, 0.3) is 0 Å². The van der Waals surface area contributed by atoms with E-state index in [2.05, 4.69) is 60.2 Å². The van der Waals surface area contributed by atoms with Crippen LogP contribution < -0.4 is 16.0 Å². The molecule has 0 saturated carbocycles. The molecular weight excluding hydrogens is 702 g/mol. The minimum Gasteiger partial charge on any atom is -0.453 e. The fourth-order valence-electron chi connectivity index (χ4n) is 7.27. The lowest BCUT2D eigenvalue weighted by molar-refractivity contribution is -0.138. The van der Waals surface area contributed by atoms with Crippen LogP contribution in [0.4, 0.5) is 9.59 Å². The van der Waals surface area contributed by atoms with Crippen LogP contribution in [0.25, 0.3) is 33.6 Å².